The number of hydrazone groups is 1. The lowest BCUT2D eigenvalue weighted by atomic mass is 10.1. The Morgan fingerprint density at radius 3 is 2.41 bits per heavy atom. The van der Waals surface area contributed by atoms with Crippen LogP contribution in [0.25, 0.3) is 0 Å². The SMILES string of the molecule is CC(=O)C1CC(C(=O)N(C)Cc2ccc(OC(F)F)cc2)=NN1c1ccccc1. The fourth-order valence-corrected chi connectivity index (χ4v) is 3.12. The molecule has 0 N–H and O–H groups in total. The fraction of sp³-hybridized carbons (Fsp3) is 0.286. The number of benzene rings is 2. The van der Waals surface area contributed by atoms with E-state index >= 15 is 0 Å². The second-order valence-electron chi connectivity index (χ2n) is 6.74. The van der Waals surface area contributed by atoms with Gasteiger partial charge in [0.05, 0.1) is 5.69 Å². The number of Topliss-reactive ketones (excluding diaryl/α,β-unsaturated/α-hetero) is 1. The monoisotopic (exact) mass is 401 g/mol. The highest BCUT2D eigenvalue weighted by atomic mass is 19.3. The first-order valence-corrected chi connectivity index (χ1v) is 9.06. The van der Waals surface area contributed by atoms with Gasteiger partial charge in [-0.1, -0.05) is 30.3 Å². The average molecular weight is 401 g/mol. The van der Waals surface area contributed by atoms with E-state index in [9.17, 15) is 18.4 Å². The van der Waals surface area contributed by atoms with Crippen molar-refractivity contribution in [3.05, 3.63) is 60.2 Å². The van der Waals surface area contributed by atoms with Gasteiger partial charge in [0.1, 0.15) is 17.5 Å². The molecular formula is C21H21F2N3O3. The second-order valence-corrected chi connectivity index (χ2v) is 6.74. The topological polar surface area (TPSA) is 62.2 Å². The molecule has 0 fully saturated rings. The molecule has 152 valence electrons. The quantitative estimate of drug-likeness (QED) is 0.713. The van der Waals surface area contributed by atoms with E-state index in [-0.39, 0.29) is 30.4 Å². The van der Waals surface area contributed by atoms with E-state index in [2.05, 4.69) is 9.84 Å². The molecule has 0 aromatic heterocycles. The minimum atomic E-state index is -2.88. The third-order valence-corrected chi connectivity index (χ3v) is 4.56. The number of amides is 1. The van der Waals surface area contributed by atoms with Gasteiger partial charge in [0.15, 0.2) is 5.78 Å². The predicted molar refractivity (Wildman–Crippen MR) is 105 cm³/mol. The highest BCUT2D eigenvalue weighted by molar-refractivity contribution is 6.40. The van der Waals surface area contributed by atoms with Gasteiger partial charge in [-0.2, -0.15) is 13.9 Å². The smallest absolute Gasteiger partial charge is 0.387 e. The molecule has 0 spiro atoms. The molecule has 1 heterocycles. The summed E-state index contributed by atoms with van der Waals surface area (Å²) in [6, 6.07) is 14.8. The highest BCUT2D eigenvalue weighted by Crippen LogP contribution is 2.25. The van der Waals surface area contributed by atoms with Gasteiger partial charge in [-0.05, 0) is 36.8 Å². The Bertz CT molecular complexity index is 901. The summed E-state index contributed by atoms with van der Waals surface area (Å²) in [7, 11) is 1.63. The molecular weight excluding hydrogens is 380 g/mol. The Hall–Kier alpha value is -3.29. The number of ether oxygens (including phenoxy) is 1. The van der Waals surface area contributed by atoms with Gasteiger partial charge in [0, 0.05) is 20.0 Å². The summed E-state index contributed by atoms with van der Waals surface area (Å²) < 4.78 is 28.8. The van der Waals surface area contributed by atoms with Crippen molar-refractivity contribution in [2.75, 3.05) is 12.1 Å². The van der Waals surface area contributed by atoms with Crippen molar-refractivity contribution in [1.29, 1.82) is 0 Å². The minimum Gasteiger partial charge on any atom is -0.435 e. The van der Waals surface area contributed by atoms with Crippen LogP contribution in [0.5, 0.6) is 5.75 Å². The lowest BCUT2D eigenvalue weighted by Crippen LogP contribution is -2.35. The van der Waals surface area contributed by atoms with Crippen LogP contribution in [-0.2, 0) is 16.1 Å². The van der Waals surface area contributed by atoms with E-state index in [1.165, 1.54) is 24.0 Å². The van der Waals surface area contributed by atoms with Gasteiger partial charge in [-0.25, -0.2) is 0 Å². The van der Waals surface area contributed by atoms with Gasteiger partial charge in [-0.15, -0.1) is 0 Å². The van der Waals surface area contributed by atoms with Crippen molar-refractivity contribution in [2.45, 2.75) is 32.5 Å². The molecule has 1 aliphatic rings. The van der Waals surface area contributed by atoms with Gasteiger partial charge in [0.25, 0.3) is 5.91 Å². The van der Waals surface area contributed by atoms with E-state index in [4.69, 9.17) is 0 Å². The Morgan fingerprint density at radius 1 is 1.17 bits per heavy atom. The number of para-hydroxylation sites is 1. The molecule has 1 amide bonds. The summed E-state index contributed by atoms with van der Waals surface area (Å²) in [6.45, 7) is -1.13. The molecule has 0 aliphatic carbocycles. The zero-order chi connectivity index (χ0) is 21.0. The molecule has 0 saturated heterocycles. The van der Waals surface area contributed by atoms with Crippen molar-refractivity contribution < 1.29 is 23.1 Å². The Labute approximate surface area is 167 Å². The number of hydrogen-bond acceptors (Lipinski definition) is 5. The maximum absolute atomic E-state index is 12.8. The van der Waals surface area contributed by atoms with Crippen LogP contribution in [0, 0.1) is 0 Å². The first-order valence-electron chi connectivity index (χ1n) is 9.06. The van der Waals surface area contributed by atoms with E-state index in [1.807, 2.05) is 30.3 Å². The summed E-state index contributed by atoms with van der Waals surface area (Å²) in [5, 5.41) is 5.99. The lowest BCUT2D eigenvalue weighted by Gasteiger charge is -2.20. The zero-order valence-corrected chi connectivity index (χ0v) is 16.1. The van der Waals surface area contributed by atoms with E-state index < -0.39 is 12.7 Å². The maximum Gasteiger partial charge on any atom is 0.387 e. The predicted octanol–water partition coefficient (Wildman–Crippen LogP) is 3.47. The first-order chi connectivity index (χ1) is 13.8. The van der Waals surface area contributed by atoms with Crippen molar-refractivity contribution in [2.24, 2.45) is 5.10 Å². The zero-order valence-electron chi connectivity index (χ0n) is 16.1. The van der Waals surface area contributed by atoms with Gasteiger partial charge < -0.3 is 9.64 Å². The Kier molecular flexibility index (Phi) is 6.21. The van der Waals surface area contributed by atoms with E-state index in [0.29, 0.717) is 5.71 Å². The van der Waals surface area contributed by atoms with Crippen LogP contribution in [0.4, 0.5) is 14.5 Å². The molecule has 3 rings (SSSR count). The second kappa shape index (κ2) is 8.81. The molecule has 1 aliphatic heterocycles. The summed E-state index contributed by atoms with van der Waals surface area (Å²) in [4.78, 5) is 26.4. The standard InChI is InChI=1S/C21H21F2N3O3/c1-14(27)19-12-18(24-26(19)16-6-4-3-5-7-16)20(28)25(2)13-15-8-10-17(11-9-15)29-21(22)23/h3-11,19,21H,12-13H2,1-2H3. The third kappa shape index (κ3) is 4.96. The first kappa shape index (κ1) is 20.4. The van der Waals surface area contributed by atoms with Crippen LogP contribution in [0.15, 0.2) is 59.7 Å². The Balaban J connectivity index is 1.71. The number of ketones is 1. The van der Waals surface area contributed by atoms with E-state index in [0.717, 1.165) is 11.3 Å². The van der Waals surface area contributed by atoms with Crippen molar-refractivity contribution >= 4 is 23.1 Å². The molecule has 29 heavy (non-hydrogen) atoms. The molecule has 6 nitrogen and oxygen atoms in total. The fourth-order valence-electron chi connectivity index (χ4n) is 3.12. The van der Waals surface area contributed by atoms with Crippen LogP contribution in [-0.4, -0.2) is 42.0 Å². The van der Waals surface area contributed by atoms with Crippen LogP contribution >= 0.6 is 0 Å². The number of rotatable bonds is 7. The summed E-state index contributed by atoms with van der Waals surface area (Å²) in [5.74, 6) is -0.305. The van der Waals surface area contributed by atoms with Crippen LogP contribution in [0.1, 0.15) is 18.9 Å². The summed E-state index contributed by atoms with van der Waals surface area (Å²) >= 11 is 0. The largest absolute Gasteiger partial charge is 0.435 e. The van der Waals surface area contributed by atoms with Crippen LogP contribution in [0.2, 0.25) is 0 Å². The maximum atomic E-state index is 12.8. The lowest BCUT2D eigenvalue weighted by molar-refractivity contribution is -0.123. The molecule has 2 aromatic carbocycles. The Morgan fingerprint density at radius 2 is 1.83 bits per heavy atom. The summed E-state index contributed by atoms with van der Waals surface area (Å²) in [6.07, 6.45) is 0.231. The molecule has 0 bridgehead atoms. The minimum absolute atomic E-state index is 0.0562. The molecule has 1 unspecified atom stereocenters. The normalized spacial score (nSPS) is 16.0. The number of halogens is 2. The third-order valence-electron chi connectivity index (χ3n) is 4.56. The number of nitrogens with zero attached hydrogens (tertiary/aromatic N) is 3. The number of carbonyl (C=O) groups is 2. The number of anilines is 1. The number of carbonyl (C=O) groups excluding carboxylic acids is 2. The molecule has 1 atom stereocenters. The van der Waals surface area contributed by atoms with Crippen molar-refractivity contribution in [1.82, 2.24) is 4.90 Å². The van der Waals surface area contributed by atoms with Gasteiger partial charge in [0.2, 0.25) is 0 Å². The summed E-state index contributed by atoms with van der Waals surface area (Å²) in [5.41, 5.74) is 1.80. The highest BCUT2D eigenvalue weighted by Gasteiger charge is 2.35. The molecule has 8 heteroatoms. The molecule has 2 aromatic rings. The number of hydrogen-bond donors (Lipinski definition) is 0. The average Bonchev–Trinajstić information content (AvgIpc) is 3.15. The van der Waals surface area contributed by atoms with Crippen molar-refractivity contribution in [3.63, 3.8) is 0 Å². The van der Waals surface area contributed by atoms with Gasteiger partial charge in [-0.3, -0.25) is 14.6 Å². The van der Waals surface area contributed by atoms with Crippen LogP contribution < -0.4 is 9.75 Å². The van der Waals surface area contributed by atoms with E-state index in [1.54, 1.807) is 24.2 Å². The number of alkyl halides is 2. The van der Waals surface area contributed by atoms with Crippen LogP contribution in [0.3, 0.4) is 0 Å². The van der Waals surface area contributed by atoms with Gasteiger partial charge >= 0.3 is 6.61 Å². The molecule has 0 radical (unpaired) electrons. The molecule has 0 saturated carbocycles. The van der Waals surface area contributed by atoms with Crippen molar-refractivity contribution in [3.8, 4) is 5.75 Å².